The minimum Gasteiger partial charge on any atom is -0.478 e. The molecular weight excluding hydrogens is 348 g/mol. The Morgan fingerprint density at radius 3 is 2.22 bits per heavy atom. The first-order valence-electron chi connectivity index (χ1n) is 8.37. The molecule has 0 amide bonds. The number of carboxylic acids is 2. The van der Waals surface area contributed by atoms with E-state index >= 15 is 0 Å². The van der Waals surface area contributed by atoms with Crippen LogP contribution in [0.4, 0.5) is 0 Å². The van der Waals surface area contributed by atoms with Crippen LogP contribution < -0.4 is 0 Å². The van der Waals surface area contributed by atoms with Crippen molar-refractivity contribution in [2.75, 3.05) is 26.4 Å². The van der Waals surface area contributed by atoms with Crippen molar-refractivity contribution in [2.45, 2.75) is 6.92 Å². The largest absolute Gasteiger partial charge is 0.478 e. The van der Waals surface area contributed by atoms with E-state index in [1.165, 1.54) is 12.1 Å². The molecule has 0 aliphatic rings. The molecule has 27 heavy (non-hydrogen) atoms. The lowest BCUT2D eigenvalue weighted by Gasteiger charge is -2.06. The van der Waals surface area contributed by atoms with Crippen molar-refractivity contribution in [3.8, 4) is 23.0 Å². The zero-order valence-electron chi connectivity index (χ0n) is 14.9. The predicted octanol–water partition coefficient (Wildman–Crippen LogP) is 3.15. The molecule has 140 valence electrons. The second kappa shape index (κ2) is 10.1. The second-order valence-electron chi connectivity index (χ2n) is 5.54. The van der Waals surface area contributed by atoms with E-state index in [4.69, 9.17) is 9.47 Å². The van der Waals surface area contributed by atoms with Crippen molar-refractivity contribution >= 4 is 11.9 Å². The molecule has 0 radical (unpaired) electrons. The van der Waals surface area contributed by atoms with Crippen LogP contribution in [-0.4, -0.2) is 48.6 Å². The number of benzene rings is 2. The van der Waals surface area contributed by atoms with Gasteiger partial charge in [-0.3, -0.25) is 0 Å². The van der Waals surface area contributed by atoms with Crippen LogP contribution in [0.25, 0.3) is 11.1 Å². The van der Waals surface area contributed by atoms with Gasteiger partial charge in [0.2, 0.25) is 0 Å². The molecule has 0 saturated heterocycles. The van der Waals surface area contributed by atoms with Gasteiger partial charge in [0, 0.05) is 12.2 Å². The van der Waals surface area contributed by atoms with Crippen molar-refractivity contribution in [3.63, 3.8) is 0 Å². The van der Waals surface area contributed by atoms with Crippen LogP contribution in [0.15, 0.2) is 42.5 Å². The molecule has 0 spiro atoms. The third kappa shape index (κ3) is 6.26. The van der Waals surface area contributed by atoms with Gasteiger partial charge >= 0.3 is 11.9 Å². The molecule has 6 heteroatoms. The summed E-state index contributed by atoms with van der Waals surface area (Å²) in [5.74, 6) is 3.51. The number of aromatic carboxylic acids is 2. The molecule has 0 atom stereocenters. The average Bonchev–Trinajstić information content (AvgIpc) is 2.67. The standard InChI is InChI=1S/C21H20O6/c1-2-26-9-10-27-8-4-6-15-5-3-7-16(11-15)17-12-18(20(22)23)14-19(13-17)21(24)25/h3,5,7,11-14H,2,8-10H2,1H3,(H,22,23)(H,24,25). The molecule has 0 fully saturated rings. The molecule has 2 N–H and O–H groups in total. The topological polar surface area (TPSA) is 93.1 Å². The summed E-state index contributed by atoms with van der Waals surface area (Å²) in [5.41, 5.74) is 1.75. The Hall–Kier alpha value is -3.14. The number of carboxylic acid groups (broad SMARTS) is 2. The molecule has 0 saturated carbocycles. The van der Waals surface area contributed by atoms with Crippen LogP contribution in [0, 0.1) is 11.8 Å². The van der Waals surface area contributed by atoms with E-state index < -0.39 is 11.9 Å². The number of hydrogen-bond acceptors (Lipinski definition) is 4. The molecule has 0 heterocycles. The number of carbonyl (C=O) groups is 2. The maximum Gasteiger partial charge on any atom is 0.335 e. The van der Waals surface area contributed by atoms with E-state index in [0.717, 1.165) is 11.6 Å². The SMILES string of the molecule is CCOCCOCC#Cc1cccc(-c2cc(C(=O)O)cc(C(=O)O)c2)c1. The van der Waals surface area contributed by atoms with Gasteiger partial charge in [-0.25, -0.2) is 9.59 Å². The molecule has 0 aliphatic heterocycles. The van der Waals surface area contributed by atoms with Crippen LogP contribution in [-0.2, 0) is 9.47 Å². The van der Waals surface area contributed by atoms with Gasteiger partial charge in [0.1, 0.15) is 6.61 Å². The maximum absolute atomic E-state index is 11.3. The highest BCUT2D eigenvalue weighted by atomic mass is 16.5. The Labute approximate surface area is 157 Å². The van der Waals surface area contributed by atoms with Crippen molar-refractivity contribution in [1.82, 2.24) is 0 Å². The summed E-state index contributed by atoms with van der Waals surface area (Å²) in [6, 6.07) is 11.2. The zero-order valence-corrected chi connectivity index (χ0v) is 14.9. The normalized spacial score (nSPS) is 10.1. The average molecular weight is 368 g/mol. The highest BCUT2D eigenvalue weighted by Crippen LogP contribution is 2.23. The Morgan fingerprint density at radius 2 is 1.59 bits per heavy atom. The maximum atomic E-state index is 11.3. The summed E-state index contributed by atoms with van der Waals surface area (Å²) < 4.78 is 10.5. The van der Waals surface area contributed by atoms with Gasteiger partial charge in [-0.05, 0) is 48.4 Å². The minimum atomic E-state index is -1.18. The van der Waals surface area contributed by atoms with Gasteiger partial charge in [-0.2, -0.15) is 0 Å². The zero-order chi connectivity index (χ0) is 19.6. The van der Waals surface area contributed by atoms with Gasteiger partial charge in [-0.1, -0.05) is 24.0 Å². The lowest BCUT2D eigenvalue weighted by atomic mass is 9.98. The van der Waals surface area contributed by atoms with Crippen molar-refractivity contribution in [3.05, 3.63) is 59.2 Å². The van der Waals surface area contributed by atoms with Gasteiger partial charge in [0.25, 0.3) is 0 Å². The van der Waals surface area contributed by atoms with Crippen molar-refractivity contribution in [1.29, 1.82) is 0 Å². The predicted molar refractivity (Wildman–Crippen MR) is 100.0 cm³/mol. The smallest absolute Gasteiger partial charge is 0.335 e. The molecule has 2 aromatic carbocycles. The summed E-state index contributed by atoms with van der Waals surface area (Å²) >= 11 is 0. The van der Waals surface area contributed by atoms with E-state index in [-0.39, 0.29) is 17.7 Å². The van der Waals surface area contributed by atoms with Gasteiger partial charge in [-0.15, -0.1) is 0 Å². The molecular formula is C21H20O6. The molecule has 6 nitrogen and oxygen atoms in total. The quantitative estimate of drug-likeness (QED) is 0.549. The Balaban J connectivity index is 2.18. The van der Waals surface area contributed by atoms with E-state index in [2.05, 4.69) is 11.8 Å². The van der Waals surface area contributed by atoms with Crippen LogP contribution in [0.2, 0.25) is 0 Å². The monoisotopic (exact) mass is 368 g/mol. The first-order valence-corrected chi connectivity index (χ1v) is 8.37. The summed E-state index contributed by atoms with van der Waals surface area (Å²) in [6.45, 7) is 3.84. The van der Waals surface area contributed by atoms with Gasteiger partial charge < -0.3 is 19.7 Å². The first kappa shape index (κ1) is 20.2. The lowest BCUT2D eigenvalue weighted by molar-refractivity contribution is 0.0662. The number of ether oxygens (including phenoxy) is 2. The Morgan fingerprint density at radius 1 is 0.926 bits per heavy atom. The second-order valence-corrected chi connectivity index (χ2v) is 5.54. The molecule has 2 rings (SSSR count). The van der Waals surface area contributed by atoms with Gasteiger partial charge in [0.05, 0.1) is 24.3 Å². The van der Waals surface area contributed by atoms with E-state index in [0.29, 0.717) is 30.9 Å². The molecule has 2 aromatic rings. The van der Waals surface area contributed by atoms with Crippen LogP contribution in [0.1, 0.15) is 33.2 Å². The Bertz CT molecular complexity index is 843. The van der Waals surface area contributed by atoms with Crippen molar-refractivity contribution in [2.24, 2.45) is 0 Å². The lowest BCUT2D eigenvalue weighted by Crippen LogP contribution is -2.03. The summed E-state index contributed by atoms with van der Waals surface area (Å²) in [5, 5.41) is 18.4. The van der Waals surface area contributed by atoms with E-state index in [1.54, 1.807) is 18.2 Å². The first-order chi connectivity index (χ1) is 13.0. The van der Waals surface area contributed by atoms with Crippen molar-refractivity contribution < 1.29 is 29.3 Å². The summed E-state index contributed by atoms with van der Waals surface area (Å²) in [7, 11) is 0. The third-order valence-corrected chi connectivity index (χ3v) is 3.61. The highest BCUT2D eigenvalue weighted by molar-refractivity contribution is 5.96. The molecule has 0 aliphatic carbocycles. The van der Waals surface area contributed by atoms with E-state index in [9.17, 15) is 19.8 Å². The van der Waals surface area contributed by atoms with Crippen LogP contribution in [0.5, 0.6) is 0 Å². The van der Waals surface area contributed by atoms with Crippen LogP contribution >= 0.6 is 0 Å². The third-order valence-electron chi connectivity index (χ3n) is 3.61. The molecule has 0 aromatic heterocycles. The fourth-order valence-electron chi connectivity index (χ4n) is 2.34. The van der Waals surface area contributed by atoms with E-state index in [1.807, 2.05) is 13.0 Å². The fourth-order valence-corrected chi connectivity index (χ4v) is 2.34. The molecule has 0 unspecified atom stereocenters. The molecule has 0 bridgehead atoms. The summed E-state index contributed by atoms with van der Waals surface area (Å²) in [4.78, 5) is 22.5. The minimum absolute atomic E-state index is 0.0796. The number of rotatable bonds is 8. The summed E-state index contributed by atoms with van der Waals surface area (Å²) in [6.07, 6.45) is 0. The van der Waals surface area contributed by atoms with Crippen LogP contribution in [0.3, 0.4) is 0 Å². The van der Waals surface area contributed by atoms with Gasteiger partial charge in [0.15, 0.2) is 0 Å². The fraction of sp³-hybridized carbons (Fsp3) is 0.238. The highest BCUT2D eigenvalue weighted by Gasteiger charge is 2.12. The number of hydrogen-bond donors (Lipinski definition) is 2. The Kier molecular flexibility index (Phi) is 7.56.